The summed E-state index contributed by atoms with van der Waals surface area (Å²) in [6.45, 7) is 6.31. The Morgan fingerprint density at radius 1 is 1.06 bits per heavy atom. The van der Waals surface area contributed by atoms with E-state index in [1.54, 1.807) is 7.11 Å². The van der Waals surface area contributed by atoms with Crippen LogP contribution in [0.2, 0.25) is 0 Å². The molecule has 6 nitrogen and oxygen atoms in total. The van der Waals surface area contributed by atoms with Gasteiger partial charge >= 0.3 is 0 Å². The van der Waals surface area contributed by atoms with Gasteiger partial charge in [0.2, 0.25) is 0 Å². The summed E-state index contributed by atoms with van der Waals surface area (Å²) in [6, 6.07) is 19.8. The molecule has 1 fully saturated rings. The van der Waals surface area contributed by atoms with Gasteiger partial charge < -0.3 is 20.1 Å². The summed E-state index contributed by atoms with van der Waals surface area (Å²) in [4.78, 5) is 6.99. The molecule has 0 spiro atoms. The van der Waals surface area contributed by atoms with Gasteiger partial charge in [-0.15, -0.1) is 0 Å². The van der Waals surface area contributed by atoms with E-state index < -0.39 is 0 Å². The van der Waals surface area contributed by atoms with Crippen molar-refractivity contribution in [2.45, 2.75) is 44.9 Å². The first kappa shape index (κ1) is 23.1. The van der Waals surface area contributed by atoms with Gasteiger partial charge in [0.15, 0.2) is 5.96 Å². The lowest BCUT2D eigenvalue weighted by molar-refractivity contribution is 0.134. The van der Waals surface area contributed by atoms with Gasteiger partial charge in [0.1, 0.15) is 12.4 Å². The van der Waals surface area contributed by atoms with Gasteiger partial charge in [0.25, 0.3) is 0 Å². The number of nitrogens with zero attached hydrogens (tertiary/aromatic N) is 2. The van der Waals surface area contributed by atoms with Crippen LogP contribution in [0.15, 0.2) is 59.6 Å². The van der Waals surface area contributed by atoms with Crippen molar-refractivity contribution in [3.63, 3.8) is 0 Å². The highest BCUT2D eigenvalue weighted by molar-refractivity contribution is 5.79. The van der Waals surface area contributed by atoms with Crippen LogP contribution < -0.4 is 15.4 Å². The third-order valence-corrected chi connectivity index (χ3v) is 5.75. The third-order valence-electron chi connectivity index (χ3n) is 5.75. The van der Waals surface area contributed by atoms with E-state index in [1.807, 2.05) is 19.2 Å². The smallest absolute Gasteiger partial charge is 0.191 e. The first-order chi connectivity index (χ1) is 15.2. The number of ether oxygens (including phenoxy) is 2. The maximum Gasteiger partial charge on any atom is 0.191 e. The fraction of sp³-hybridized carbons (Fsp3) is 0.480. The van der Waals surface area contributed by atoms with Crippen molar-refractivity contribution < 1.29 is 9.47 Å². The number of aliphatic imine (C=N–C) groups is 1. The number of nitrogens with one attached hydrogen (secondary N) is 2. The molecule has 2 atom stereocenters. The normalized spacial score (nSPS) is 19.8. The average Bonchev–Trinajstić information content (AvgIpc) is 2.80. The van der Waals surface area contributed by atoms with Crippen molar-refractivity contribution in [2.75, 3.05) is 33.9 Å². The van der Waals surface area contributed by atoms with Crippen LogP contribution in [0.3, 0.4) is 0 Å². The molecule has 2 N–H and O–H groups in total. The van der Waals surface area contributed by atoms with Crippen LogP contribution in [-0.2, 0) is 17.8 Å². The summed E-state index contributed by atoms with van der Waals surface area (Å²) in [5.74, 6) is 1.72. The molecule has 3 rings (SSSR count). The third kappa shape index (κ3) is 7.56. The number of hydrogen-bond donors (Lipinski definition) is 2. The highest BCUT2D eigenvalue weighted by Crippen LogP contribution is 2.20. The molecule has 0 amide bonds. The summed E-state index contributed by atoms with van der Waals surface area (Å²) in [7, 11) is 3.50. The molecule has 168 valence electrons. The topological polar surface area (TPSA) is 58.1 Å². The summed E-state index contributed by atoms with van der Waals surface area (Å²) < 4.78 is 10.6. The van der Waals surface area contributed by atoms with Gasteiger partial charge in [0.05, 0.1) is 6.61 Å². The first-order valence-corrected chi connectivity index (χ1v) is 11.1. The van der Waals surface area contributed by atoms with Crippen molar-refractivity contribution in [3.05, 3.63) is 65.7 Å². The van der Waals surface area contributed by atoms with Crippen LogP contribution in [-0.4, -0.2) is 56.9 Å². The summed E-state index contributed by atoms with van der Waals surface area (Å²) >= 11 is 0. The Balaban J connectivity index is 1.42. The van der Waals surface area contributed by atoms with E-state index in [4.69, 9.17) is 9.47 Å². The largest absolute Gasteiger partial charge is 0.491 e. The molecule has 31 heavy (non-hydrogen) atoms. The Labute approximate surface area is 186 Å². The Bertz CT molecular complexity index is 795. The number of methoxy groups -OCH3 is 1. The highest BCUT2D eigenvalue weighted by atomic mass is 16.5. The molecule has 0 radical (unpaired) electrons. The van der Waals surface area contributed by atoms with Crippen molar-refractivity contribution in [3.8, 4) is 5.75 Å². The average molecular weight is 425 g/mol. The summed E-state index contributed by atoms with van der Waals surface area (Å²) in [6.07, 6.45) is 2.23. The zero-order valence-corrected chi connectivity index (χ0v) is 19.0. The molecule has 0 bridgehead atoms. The second-order valence-electron chi connectivity index (χ2n) is 8.08. The molecular formula is C25H36N4O2. The predicted octanol–water partition coefficient (Wildman–Crippen LogP) is 3.43. The van der Waals surface area contributed by atoms with E-state index in [9.17, 15) is 0 Å². The van der Waals surface area contributed by atoms with Gasteiger partial charge in [-0.2, -0.15) is 0 Å². The Morgan fingerprint density at radius 2 is 1.84 bits per heavy atom. The van der Waals surface area contributed by atoms with E-state index in [-0.39, 0.29) is 0 Å². The number of likely N-dealkylation sites (tertiary alicyclic amines) is 1. The van der Waals surface area contributed by atoms with Crippen molar-refractivity contribution in [2.24, 2.45) is 4.99 Å². The molecule has 2 aromatic rings. The minimum Gasteiger partial charge on any atom is -0.491 e. The standard InChI is InChI=1S/C25H36N4O2/c1-20-17-23(13-14-29(20)19-22-7-5-4-6-8-22)28-25(26-2)27-18-21-9-11-24(12-10-21)31-16-15-30-3/h4-12,20,23H,13-19H2,1-3H3,(H2,26,27,28). The second-order valence-corrected chi connectivity index (χ2v) is 8.08. The van der Waals surface area contributed by atoms with E-state index in [1.165, 1.54) is 11.1 Å². The zero-order chi connectivity index (χ0) is 21.9. The number of benzene rings is 2. The van der Waals surface area contributed by atoms with Gasteiger partial charge in [0, 0.05) is 45.9 Å². The minimum absolute atomic E-state index is 0.435. The van der Waals surface area contributed by atoms with Crippen LogP contribution in [0.1, 0.15) is 30.9 Å². The van der Waals surface area contributed by atoms with Crippen LogP contribution >= 0.6 is 0 Å². The van der Waals surface area contributed by atoms with Gasteiger partial charge in [-0.3, -0.25) is 9.89 Å². The fourth-order valence-electron chi connectivity index (χ4n) is 3.92. The van der Waals surface area contributed by atoms with E-state index in [0.717, 1.165) is 44.2 Å². The van der Waals surface area contributed by atoms with Gasteiger partial charge in [-0.1, -0.05) is 42.5 Å². The molecule has 2 unspecified atom stereocenters. The molecular weight excluding hydrogens is 388 g/mol. The molecule has 1 aliphatic rings. The fourth-order valence-corrected chi connectivity index (χ4v) is 3.92. The molecule has 0 saturated carbocycles. The molecule has 1 heterocycles. The van der Waals surface area contributed by atoms with Crippen molar-refractivity contribution in [1.82, 2.24) is 15.5 Å². The van der Waals surface area contributed by atoms with E-state index >= 15 is 0 Å². The van der Waals surface area contributed by atoms with E-state index in [2.05, 4.69) is 69.9 Å². The lowest BCUT2D eigenvalue weighted by Crippen LogP contribution is -2.51. The highest BCUT2D eigenvalue weighted by Gasteiger charge is 2.25. The molecule has 0 aliphatic carbocycles. The Hall–Kier alpha value is -2.57. The van der Waals surface area contributed by atoms with Crippen molar-refractivity contribution in [1.29, 1.82) is 0 Å². The molecule has 1 aliphatic heterocycles. The molecule has 6 heteroatoms. The Kier molecular flexibility index (Phi) is 9.18. The number of hydrogen-bond acceptors (Lipinski definition) is 4. The Morgan fingerprint density at radius 3 is 2.52 bits per heavy atom. The van der Waals surface area contributed by atoms with Gasteiger partial charge in [-0.05, 0) is 43.0 Å². The summed E-state index contributed by atoms with van der Waals surface area (Å²) in [5, 5.41) is 7.05. The second kappa shape index (κ2) is 12.3. The van der Waals surface area contributed by atoms with Crippen LogP contribution in [0.5, 0.6) is 5.75 Å². The molecule has 2 aromatic carbocycles. The van der Waals surface area contributed by atoms with Crippen LogP contribution in [0.4, 0.5) is 0 Å². The monoisotopic (exact) mass is 424 g/mol. The lowest BCUT2D eigenvalue weighted by Gasteiger charge is -2.38. The number of rotatable bonds is 9. The van der Waals surface area contributed by atoms with E-state index in [0.29, 0.717) is 25.3 Å². The zero-order valence-electron chi connectivity index (χ0n) is 19.0. The predicted molar refractivity (Wildman–Crippen MR) is 126 cm³/mol. The van der Waals surface area contributed by atoms with Crippen LogP contribution in [0, 0.1) is 0 Å². The molecule has 1 saturated heterocycles. The summed E-state index contributed by atoms with van der Waals surface area (Å²) in [5.41, 5.74) is 2.57. The van der Waals surface area contributed by atoms with Gasteiger partial charge in [-0.25, -0.2) is 0 Å². The lowest BCUT2D eigenvalue weighted by atomic mass is 9.97. The van der Waals surface area contributed by atoms with Crippen molar-refractivity contribution >= 4 is 5.96 Å². The minimum atomic E-state index is 0.435. The first-order valence-electron chi connectivity index (χ1n) is 11.1. The number of piperidine rings is 1. The quantitative estimate of drug-likeness (QED) is 0.367. The maximum absolute atomic E-state index is 5.62. The SMILES string of the molecule is CN=C(NCc1ccc(OCCOC)cc1)NC1CCN(Cc2ccccc2)C(C)C1. The van der Waals surface area contributed by atoms with Crippen LogP contribution in [0.25, 0.3) is 0 Å². The maximum atomic E-state index is 5.62. The molecule has 0 aromatic heterocycles. The number of guanidine groups is 1.